The highest BCUT2D eigenvalue weighted by Crippen LogP contribution is 2.24. The van der Waals surface area contributed by atoms with Crippen molar-refractivity contribution in [2.24, 2.45) is 5.92 Å². The van der Waals surface area contributed by atoms with Crippen LogP contribution in [0.2, 0.25) is 0 Å². The second kappa shape index (κ2) is 3.91. The number of nitrogens with zero attached hydrogens (tertiary/aromatic N) is 2. The molecule has 0 aromatic carbocycles. The van der Waals surface area contributed by atoms with Gasteiger partial charge in [-0.2, -0.15) is 5.26 Å². The Morgan fingerprint density at radius 1 is 1.50 bits per heavy atom. The molecule has 1 aliphatic heterocycles. The van der Waals surface area contributed by atoms with Crippen molar-refractivity contribution in [3.63, 3.8) is 0 Å². The Balaban J connectivity index is 2.60. The summed E-state index contributed by atoms with van der Waals surface area (Å²) in [5.41, 5.74) is 0. The van der Waals surface area contributed by atoms with Gasteiger partial charge in [-0.1, -0.05) is 0 Å². The van der Waals surface area contributed by atoms with Crippen molar-refractivity contribution < 1.29 is 0 Å². The molecule has 1 aliphatic rings. The highest BCUT2D eigenvalue weighted by atomic mass is 15.2. The Morgan fingerprint density at radius 3 is 2.67 bits per heavy atom. The van der Waals surface area contributed by atoms with Gasteiger partial charge in [0.05, 0.1) is 12.0 Å². The van der Waals surface area contributed by atoms with Crippen LogP contribution in [-0.2, 0) is 0 Å². The van der Waals surface area contributed by atoms with Gasteiger partial charge in [-0.15, -0.1) is 0 Å². The number of hydrogen-bond donors (Lipinski definition) is 0. The molecule has 2 nitrogen and oxygen atoms in total. The van der Waals surface area contributed by atoms with Crippen molar-refractivity contribution in [3.05, 3.63) is 0 Å². The number of hydrogen-bond acceptors (Lipinski definition) is 2. The first-order valence-corrected chi connectivity index (χ1v) is 4.82. The minimum atomic E-state index is 0.251. The fourth-order valence-electron chi connectivity index (χ4n) is 2.07. The van der Waals surface area contributed by atoms with Gasteiger partial charge in [-0.3, -0.25) is 4.90 Å². The van der Waals surface area contributed by atoms with Gasteiger partial charge in [-0.05, 0) is 40.2 Å². The van der Waals surface area contributed by atoms with Crippen LogP contribution in [0.3, 0.4) is 0 Å². The summed E-state index contributed by atoms with van der Waals surface area (Å²) in [6.07, 6.45) is 2.27. The molecule has 1 rings (SSSR count). The van der Waals surface area contributed by atoms with Gasteiger partial charge in [0.15, 0.2) is 0 Å². The van der Waals surface area contributed by atoms with Crippen LogP contribution in [0.15, 0.2) is 0 Å². The van der Waals surface area contributed by atoms with E-state index >= 15 is 0 Å². The van der Waals surface area contributed by atoms with E-state index in [0.717, 1.165) is 13.0 Å². The van der Waals surface area contributed by atoms with Gasteiger partial charge >= 0.3 is 0 Å². The van der Waals surface area contributed by atoms with Gasteiger partial charge in [0.25, 0.3) is 0 Å². The summed E-state index contributed by atoms with van der Waals surface area (Å²) in [6.45, 7) is 7.75. The fourth-order valence-corrected chi connectivity index (χ4v) is 2.07. The lowest BCUT2D eigenvalue weighted by atomic mass is 9.90. The maximum atomic E-state index is 8.88. The Kier molecular flexibility index (Phi) is 3.11. The third kappa shape index (κ3) is 1.78. The molecule has 0 bridgehead atoms. The van der Waals surface area contributed by atoms with Gasteiger partial charge in [0.2, 0.25) is 0 Å². The van der Waals surface area contributed by atoms with E-state index in [1.54, 1.807) is 0 Å². The Labute approximate surface area is 75.2 Å². The Bertz CT molecular complexity index is 181. The van der Waals surface area contributed by atoms with Gasteiger partial charge in [0, 0.05) is 12.1 Å². The third-order valence-corrected chi connectivity index (χ3v) is 2.87. The molecule has 0 N–H and O–H groups in total. The second-order valence-electron chi connectivity index (χ2n) is 3.95. The van der Waals surface area contributed by atoms with Crippen molar-refractivity contribution >= 4 is 0 Å². The molecular formula is C10H18N2. The van der Waals surface area contributed by atoms with E-state index in [2.05, 4.69) is 31.7 Å². The molecule has 1 fully saturated rings. The molecule has 68 valence electrons. The lowest BCUT2D eigenvalue weighted by Gasteiger charge is -2.39. The summed E-state index contributed by atoms with van der Waals surface area (Å²) in [5.74, 6) is 0.251. The molecule has 0 saturated carbocycles. The van der Waals surface area contributed by atoms with Crippen LogP contribution in [0.4, 0.5) is 0 Å². The van der Waals surface area contributed by atoms with E-state index in [0.29, 0.717) is 12.1 Å². The number of rotatable bonds is 1. The predicted molar refractivity (Wildman–Crippen MR) is 49.6 cm³/mol. The molecule has 2 atom stereocenters. The van der Waals surface area contributed by atoms with Crippen LogP contribution < -0.4 is 0 Å². The molecule has 0 spiro atoms. The zero-order valence-corrected chi connectivity index (χ0v) is 8.25. The average Bonchev–Trinajstić information content (AvgIpc) is 2.04. The van der Waals surface area contributed by atoms with E-state index < -0.39 is 0 Å². The third-order valence-electron chi connectivity index (χ3n) is 2.87. The summed E-state index contributed by atoms with van der Waals surface area (Å²) in [4.78, 5) is 2.43. The van der Waals surface area contributed by atoms with Crippen molar-refractivity contribution in [1.29, 1.82) is 5.26 Å². The van der Waals surface area contributed by atoms with Crippen molar-refractivity contribution in [1.82, 2.24) is 4.90 Å². The Hall–Kier alpha value is -0.550. The largest absolute Gasteiger partial charge is 0.297 e. The normalized spacial score (nSPS) is 31.9. The molecule has 2 unspecified atom stereocenters. The average molecular weight is 166 g/mol. The Morgan fingerprint density at radius 2 is 2.17 bits per heavy atom. The lowest BCUT2D eigenvalue weighted by molar-refractivity contribution is 0.0966. The van der Waals surface area contributed by atoms with E-state index in [9.17, 15) is 0 Å². The van der Waals surface area contributed by atoms with Crippen LogP contribution in [0.5, 0.6) is 0 Å². The van der Waals surface area contributed by atoms with Gasteiger partial charge in [0.1, 0.15) is 0 Å². The van der Waals surface area contributed by atoms with Crippen molar-refractivity contribution in [2.75, 3.05) is 6.54 Å². The van der Waals surface area contributed by atoms with Gasteiger partial charge in [-0.25, -0.2) is 0 Å². The molecule has 1 saturated heterocycles. The maximum absolute atomic E-state index is 8.88. The summed E-state index contributed by atoms with van der Waals surface area (Å²) in [5, 5.41) is 8.88. The maximum Gasteiger partial charge on any atom is 0.0672 e. The summed E-state index contributed by atoms with van der Waals surface area (Å²) in [7, 11) is 0. The monoisotopic (exact) mass is 166 g/mol. The molecular weight excluding hydrogens is 148 g/mol. The van der Waals surface area contributed by atoms with Crippen LogP contribution in [-0.4, -0.2) is 23.5 Å². The summed E-state index contributed by atoms with van der Waals surface area (Å²) in [6, 6.07) is 3.42. The minimum absolute atomic E-state index is 0.251. The molecule has 0 amide bonds. The summed E-state index contributed by atoms with van der Waals surface area (Å²) < 4.78 is 0. The topological polar surface area (TPSA) is 27.0 Å². The standard InChI is InChI=1S/C10H18N2/c1-8(2)12-6-4-5-10(7-11)9(12)3/h8-10H,4-6H2,1-3H3. The molecule has 0 aromatic rings. The van der Waals surface area contributed by atoms with E-state index in [1.165, 1.54) is 6.42 Å². The zero-order valence-electron chi connectivity index (χ0n) is 8.25. The quantitative estimate of drug-likeness (QED) is 0.596. The molecule has 0 radical (unpaired) electrons. The SMILES string of the molecule is CC(C)N1CCCC(C#N)C1C. The molecule has 12 heavy (non-hydrogen) atoms. The lowest BCUT2D eigenvalue weighted by Crippen LogP contribution is -2.46. The molecule has 0 aliphatic carbocycles. The van der Waals surface area contributed by atoms with Crippen LogP contribution >= 0.6 is 0 Å². The van der Waals surface area contributed by atoms with Crippen LogP contribution in [0, 0.1) is 17.2 Å². The second-order valence-corrected chi connectivity index (χ2v) is 3.95. The highest BCUT2D eigenvalue weighted by molar-refractivity contribution is 4.94. The van der Waals surface area contributed by atoms with Gasteiger partial charge < -0.3 is 0 Å². The predicted octanol–water partition coefficient (Wildman–Crippen LogP) is 2.02. The van der Waals surface area contributed by atoms with Crippen LogP contribution in [0.1, 0.15) is 33.6 Å². The fraction of sp³-hybridized carbons (Fsp3) is 0.900. The van der Waals surface area contributed by atoms with E-state index in [4.69, 9.17) is 5.26 Å². The highest BCUT2D eigenvalue weighted by Gasteiger charge is 2.28. The van der Waals surface area contributed by atoms with Crippen molar-refractivity contribution in [2.45, 2.75) is 45.7 Å². The van der Waals surface area contributed by atoms with Crippen molar-refractivity contribution in [3.8, 4) is 6.07 Å². The first-order valence-electron chi connectivity index (χ1n) is 4.82. The first kappa shape index (κ1) is 9.54. The molecule has 0 aromatic heterocycles. The molecule has 1 heterocycles. The molecule has 2 heteroatoms. The number of likely N-dealkylation sites (tertiary alicyclic amines) is 1. The zero-order chi connectivity index (χ0) is 9.14. The first-order chi connectivity index (χ1) is 5.66. The minimum Gasteiger partial charge on any atom is -0.297 e. The number of nitriles is 1. The van der Waals surface area contributed by atoms with E-state index in [1.807, 2.05) is 0 Å². The number of piperidine rings is 1. The smallest absolute Gasteiger partial charge is 0.0672 e. The van der Waals surface area contributed by atoms with Crippen LogP contribution in [0.25, 0.3) is 0 Å². The van der Waals surface area contributed by atoms with E-state index in [-0.39, 0.29) is 5.92 Å². The summed E-state index contributed by atoms with van der Waals surface area (Å²) >= 11 is 0.